The van der Waals surface area contributed by atoms with E-state index in [0.29, 0.717) is 52.1 Å². The van der Waals surface area contributed by atoms with Crippen molar-refractivity contribution >= 4 is 51.5 Å². The highest BCUT2D eigenvalue weighted by molar-refractivity contribution is 7.03. The highest BCUT2D eigenvalue weighted by atomic mass is 35.5. The molecule has 0 amide bonds. The first kappa shape index (κ1) is 25.0. The molecule has 12 heteroatoms. The van der Waals surface area contributed by atoms with Crippen LogP contribution in [0.25, 0.3) is 22.2 Å². The molecule has 8 nitrogen and oxygen atoms in total. The van der Waals surface area contributed by atoms with Gasteiger partial charge in [-0.1, -0.05) is 23.2 Å². The summed E-state index contributed by atoms with van der Waals surface area (Å²) in [7, 11) is 0. The molecule has 1 saturated heterocycles. The molecule has 6 rings (SSSR count). The van der Waals surface area contributed by atoms with Crippen molar-refractivity contribution in [1.29, 1.82) is 0 Å². The molecule has 1 aliphatic heterocycles. The van der Waals surface area contributed by atoms with Gasteiger partial charge < -0.3 is 15.4 Å². The fraction of sp³-hybridized carbons (Fsp3) is 0.231. The standard InChI is InChI=1S/C26H22Cl2FN7OS/c1-14(23-19(27)10-31-11-20(23)28)37-17-2-3-22-18(7-17)24(34-33-22)15-6-21(29)25(32-9-15)36-12-26(30,13-36)8-16-4-5-38-35-16/h2-7,9-11,14H,8,12-13,30H2,1H3,(H,33,34)/t14-/m1/s1. The first-order valence-electron chi connectivity index (χ1n) is 11.8. The number of ether oxygens (including phenoxy) is 1. The van der Waals surface area contributed by atoms with Crippen molar-refractivity contribution in [3.8, 4) is 17.0 Å². The van der Waals surface area contributed by atoms with Crippen LogP contribution in [0.3, 0.4) is 0 Å². The van der Waals surface area contributed by atoms with E-state index in [0.717, 1.165) is 16.6 Å². The molecule has 1 aromatic carbocycles. The van der Waals surface area contributed by atoms with Gasteiger partial charge in [-0.2, -0.15) is 9.47 Å². The van der Waals surface area contributed by atoms with Gasteiger partial charge in [0.2, 0.25) is 0 Å². The number of nitrogens with zero attached hydrogens (tertiary/aromatic N) is 5. The van der Waals surface area contributed by atoms with Gasteiger partial charge in [-0.25, -0.2) is 9.37 Å². The van der Waals surface area contributed by atoms with Gasteiger partial charge in [0.05, 0.1) is 26.8 Å². The van der Waals surface area contributed by atoms with E-state index < -0.39 is 17.5 Å². The number of hydrogen-bond acceptors (Lipinski definition) is 8. The maximum absolute atomic E-state index is 15.2. The highest BCUT2D eigenvalue weighted by Crippen LogP contribution is 2.36. The van der Waals surface area contributed by atoms with Gasteiger partial charge in [0, 0.05) is 60.0 Å². The van der Waals surface area contributed by atoms with Crippen LogP contribution in [0.4, 0.5) is 10.2 Å². The van der Waals surface area contributed by atoms with Gasteiger partial charge in [0.15, 0.2) is 11.6 Å². The number of fused-ring (bicyclic) bond motifs is 1. The Hall–Kier alpha value is -3.31. The highest BCUT2D eigenvalue weighted by Gasteiger charge is 2.41. The topological polar surface area (TPSA) is 106 Å². The number of anilines is 1. The molecule has 0 radical (unpaired) electrons. The third-order valence-corrected chi connectivity index (χ3v) is 7.77. The average molecular weight is 570 g/mol. The predicted molar refractivity (Wildman–Crippen MR) is 148 cm³/mol. The minimum Gasteiger partial charge on any atom is -0.486 e. The second-order valence-electron chi connectivity index (χ2n) is 9.47. The minimum atomic E-state index is -0.447. The van der Waals surface area contributed by atoms with Gasteiger partial charge in [-0.05, 0) is 48.8 Å². The molecule has 4 aromatic heterocycles. The predicted octanol–water partition coefficient (Wildman–Crippen LogP) is 5.82. The van der Waals surface area contributed by atoms with Gasteiger partial charge in [-0.15, -0.1) is 0 Å². The van der Waals surface area contributed by atoms with Crippen LogP contribution in [0.2, 0.25) is 10.0 Å². The Balaban J connectivity index is 1.22. The lowest BCUT2D eigenvalue weighted by Crippen LogP contribution is -2.69. The second kappa shape index (κ2) is 9.77. The molecular weight excluding hydrogens is 548 g/mol. The number of halogens is 3. The van der Waals surface area contributed by atoms with Crippen molar-refractivity contribution in [2.24, 2.45) is 5.73 Å². The minimum absolute atomic E-state index is 0.275. The maximum Gasteiger partial charge on any atom is 0.166 e. The summed E-state index contributed by atoms with van der Waals surface area (Å²) in [6.45, 7) is 2.86. The molecule has 1 atom stereocenters. The number of aromatic nitrogens is 5. The summed E-state index contributed by atoms with van der Waals surface area (Å²) in [5, 5.41) is 10.9. The Bertz CT molecular complexity index is 1600. The van der Waals surface area contributed by atoms with Crippen LogP contribution in [0.1, 0.15) is 24.3 Å². The largest absolute Gasteiger partial charge is 0.486 e. The first-order valence-corrected chi connectivity index (χ1v) is 13.4. The van der Waals surface area contributed by atoms with Crippen LogP contribution >= 0.6 is 34.7 Å². The Kier molecular flexibility index (Phi) is 6.43. The molecule has 5 aromatic rings. The molecule has 5 heterocycles. The Labute approximate surface area is 231 Å². The van der Waals surface area contributed by atoms with Crippen molar-refractivity contribution in [3.05, 3.63) is 81.4 Å². The Morgan fingerprint density at radius 2 is 1.97 bits per heavy atom. The summed E-state index contributed by atoms with van der Waals surface area (Å²) in [6, 6.07) is 8.92. The summed E-state index contributed by atoms with van der Waals surface area (Å²) in [5.41, 5.74) is 9.52. The summed E-state index contributed by atoms with van der Waals surface area (Å²) in [6.07, 6.45) is 4.90. The lowest BCUT2D eigenvalue weighted by atomic mass is 9.86. The van der Waals surface area contributed by atoms with E-state index in [-0.39, 0.29) is 5.82 Å². The molecule has 3 N–H and O–H groups in total. The van der Waals surface area contributed by atoms with E-state index in [1.807, 2.05) is 41.5 Å². The van der Waals surface area contributed by atoms with E-state index in [9.17, 15) is 0 Å². The Morgan fingerprint density at radius 1 is 1.18 bits per heavy atom. The molecular formula is C26H22Cl2FN7OS. The molecule has 1 aliphatic rings. The molecule has 0 saturated carbocycles. The van der Waals surface area contributed by atoms with Crippen LogP contribution in [-0.2, 0) is 6.42 Å². The number of H-pyrrole nitrogens is 1. The maximum atomic E-state index is 15.2. The smallest absolute Gasteiger partial charge is 0.166 e. The van der Waals surface area contributed by atoms with E-state index in [1.54, 1.807) is 6.20 Å². The zero-order valence-corrected chi connectivity index (χ0v) is 22.5. The van der Waals surface area contributed by atoms with E-state index >= 15 is 4.39 Å². The van der Waals surface area contributed by atoms with Crippen LogP contribution in [0, 0.1) is 5.82 Å². The molecule has 194 valence electrons. The third-order valence-electron chi connectivity index (χ3n) is 6.57. The number of nitrogens with one attached hydrogen (secondary N) is 1. The fourth-order valence-corrected chi connectivity index (χ4v) is 6.03. The molecule has 0 aliphatic carbocycles. The van der Waals surface area contributed by atoms with Crippen molar-refractivity contribution < 1.29 is 9.13 Å². The third kappa shape index (κ3) is 4.69. The summed E-state index contributed by atoms with van der Waals surface area (Å²) in [5.74, 6) is 0.427. The van der Waals surface area contributed by atoms with Crippen molar-refractivity contribution in [2.45, 2.75) is 25.0 Å². The number of hydrogen-bond donors (Lipinski definition) is 2. The van der Waals surface area contributed by atoms with Gasteiger partial charge >= 0.3 is 0 Å². The van der Waals surface area contributed by atoms with Gasteiger partial charge in [0.25, 0.3) is 0 Å². The van der Waals surface area contributed by atoms with E-state index in [4.69, 9.17) is 33.7 Å². The van der Waals surface area contributed by atoms with Gasteiger partial charge in [-0.3, -0.25) is 10.1 Å². The summed E-state index contributed by atoms with van der Waals surface area (Å²) >= 11 is 14.0. The quantitative estimate of drug-likeness (QED) is 0.254. The van der Waals surface area contributed by atoms with Crippen molar-refractivity contribution in [2.75, 3.05) is 18.0 Å². The van der Waals surface area contributed by atoms with Crippen LogP contribution < -0.4 is 15.4 Å². The van der Waals surface area contributed by atoms with E-state index in [1.165, 1.54) is 30.0 Å². The first-order chi connectivity index (χ1) is 18.3. The zero-order valence-electron chi connectivity index (χ0n) is 20.2. The average Bonchev–Trinajstić information content (AvgIpc) is 3.52. The summed E-state index contributed by atoms with van der Waals surface area (Å²) in [4.78, 5) is 10.2. The lowest BCUT2D eigenvalue weighted by molar-refractivity contribution is 0.227. The SMILES string of the molecule is C[C@@H](Oc1ccc2[nH]nc(-c3cnc(N4CC(N)(Cc5ccsn5)C4)c(F)c3)c2c1)c1c(Cl)cncc1Cl. The Morgan fingerprint density at radius 3 is 2.68 bits per heavy atom. The van der Waals surface area contributed by atoms with Crippen LogP contribution in [0.15, 0.2) is 54.3 Å². The van der Waals surface area contributed by atoms with Crippen LogP contribution in [0.5, 0.6) is 5.75 Å². The number of pyridine rings is 2. The monoisotopic (exact) mass is 569 g/mol. The molecule has 0 unspecified atom stereocenters. The number of aromatic amines is 1. The molecule has 0 bridgehead atoms. The second-order valence-corrected chi connectivity index (χ2v) is 11.0. The van der Waals surface area contributed by atoms with E-state index in [2.05, 4.69) is 24.5 Å². The summed E-state index contributed by atoms with van der Waals surface area (Å²) < 4.78 is 25.7. The fourth-order valence-electron chi connectivity index (χ4n) is 4.82. The number of nitrogens with two attached hydrogens (primary N) is 1. The lowest BCUT2D eigenvalue weighted by Gasteiger charge is -2.48. The van der Waals surface area contributed by atoms with Crippen molar-refractivity contribution in [1.82, 2.24) is 24.5 Å². The van der Waals surface area contributed by atoms with Crippen molar-refractivity contribution in [3.63, 3.8) is 0 Å². The molecule has 38 heavy (non-hydrogen) atoms. The van der Waals surface area contributed by atoms with Gasteiger partial charge in [0.1, 0.15) is 17.5 Å². The molecule has 1 fully saturated rings. The van der Waals surface area contributed by atoms with Crippen LogP contribution in [-0.4, -0.2) is 43.2 Å². The molecule has 0 spiro atoms. The zero-order chi connectivity index (χ0) is 26.4. The normalized spacial score (nSPS) is 15.4. The number of rotatable bonds is 7. The number of benzene rings is 1.